The van der Waals surface area contributed by atoms with Crippen molar-refractivity contribution < 1.29 is 22.5 Å². The Labute approximate surface area is 173 Å². The standard InChI is InChI=1S/C19H21FN4O5S/c1-13-17(20)10-14(11-18(13)24(26)27)19(25)21-15-4-3-5-16(12-15)30(28,29)23-8-6-22(2)7-9-23/h3-5,10-12H,6-9H2,1-2H3,(H,21,25). The molecule has 0 bridgehead atoms. The third kappa shape index (κ3) is 4.48. The van der Waals surface area contributed by atoms with Gasteiger partial charge in [-0.2, -0.15) is 4.31 Å². The first-order valence-corrected chi connectivity index (χ1v) is 10.6. The van der Waals surface area contributed by atoms with Gasteiger partial charge in [-0.05, 0) is 38.2 Å². The summed E-state index contributed by atoms with van der Waals surface area (Å²) in [5.41, 5.74) is -0.737. The second-order valence-corrected chi connectivity index (χ2v) is 8.99. The number of nitro groups is 1. The highest BCUT2D eigenvalue weighted by Crippen LogP contribution is 2.25. The highest BCUT2D eigenvalue weighted by Gasteiger charge is 2.28. The van der Waals surface area contributed by atoms with E-state index in [1.54, 1.807) is 0 Å². The van der Waals surface area contributed by atoms with Crippen LogP contribution in [0.3, 0.4) is 0 Å². The third-order valence-corrected chi connectivity index (χ3v) is 6.86. The molecule has 0 unspecified atom stereocenters. The van der Waals surface area contributed by atoms with E-state index < -0.39 is 32.4 Å². The molecule has 1 fully saturated rings. The Morgan fingerprint density at radius 2 is 1.83 bits per heavy atom. The summed E-state index contributed by atoms with van der Waals surface area (Å²) in [7, 11) is -1.82. The zero-order chi connectivity index (χ0) is 22.1. The summed E-state index contributed by atoms with van der Waals surface area (Å²) in [4.78, 5) is 24.8. The van der Waals surface area contributed by atoms with Crippen LogP contribution >= 0.6 is 0 Å². The fourth-order valence-electron chi connectivity index (χ4n) is 3.10. The van der Waals surface area contributed by atoms with E-state index >= 15 is 0 Å². The summed E-state index contributed by atoms with van der Waals surface area (Å²) < 4.78 is 41.1. The van der Waals surface area contributed by atoms with Gasteiger partial charge in [-0.3, -0.25) is 14.9 Å². The van der Waals surface area contributed by atoms with Crippen molar-refractivity contribution in [1.82, 2.24) is 9.21 Å². The minimum atomic E-state index is -3.73. The first-order valence-electron chi connectivity index (χ1n) is 9.14. The molecule has 9 nitrogen and oxygen atoms in total. The molecule has 1 aliphatic heterocycles. The van der Waals surface area contributed by atoms with Crippen LogP contribution in [0, 0.1) is 22.9 Å². The zero-order valence-corrected chi connectivity index (χ0v) is 17.3. The van der Waals surface area contributed by atoms with Gasteiger partial charge in [-0.1, -0.05) is 6.07 Å². The van der Waals surface area contributed by atoms with E-state index in [4.69, 9.17) is 0 Å². The van der Waals surface area contributed by atoms with Gasteiger partial charge in [0.2, 0.25) is 10.0 Å². The number of likely N-dealkylation sites (N-methyl/N-ethyl adjacent to an activating group) is 1. The van der Waals surface area contributed by atoms with Crippen LogP contribution in [0.4, 0.5) is 15.8 Å². The van der Waals surface area contributed by atoms with Gasteiger partial charge in [0.1, 0.15) is 5.82 Å². The Morgan fingerprint density at radius 3 is 2.47 bits per heavy atom. The second-order valence-electron chi connectivity index (χ2n) is 7.05. The fraction of sp³-hybridized carbons (Fsp3) is 0.316. The highest BCUT2D eigenvalue weighted by atomic mass is 32.2. The van der Waals surface area contributed by atoms with E-state index in [9.17, 15) is 27.7 Å². The van der Waals surface area contributed by atoms with E-state index in [2.05, 4.69) is 5.32 Å². The molecular weight excluding hydrogens is 415 g/mol. The molecule has 2 aromatic carbocycles. The number of nitro benzene ring substituents is 1. The van der Waals surface area contributed by atoms with Gasteiger partial charge >= 0.3 is 0 Å². The number of nitrogens with zero attached hydrogens (tertiary/aromatic N) is 3. The first kappa shape index (κ1) is 21.8. The number of hydrogen-bond acceptors (Lipinski definition) is 6. The number of carbonyl (C=O) groups is 1. The SMILES string of the molecule is Cc1c(F)cc(C(=O)Nc2cccc(S(=O)(=O)N3CCN(C)CC3)c2)cc1[N+](=O)[O-]. The van der Waals surface area contributed by atoms with Gasteiger partial charge in [0, 0.05) is 43.5 Å². The van der Waals surface area contributed by atoms with E-state index in [-0.39, 0.29) is 21.7 Å². The number of benzene rings is 2. The number of carbonyl (C=O) groups excluding carboxylic acids is 1. The van der Waals surface area contributed by atoms with Gasteiger partial charge in [0.15, 0.2) is 0 Å². The molecule has 0 aliphatic carbocycles. The Morgan fingerprint density at radius 1 is 1.17 bits per heavy atom. The average Bonchev–Trinajstić information content (AvgIpc) is 2.70. The molecule has 0 radical (unpaired) electrons. The lowest BCUT2D eigenvalue weighted by atomic mass is 10.1. The first-order chi connectivity index (χ1) is 14.1. The predicted octanol–water partition coefficient (Wildman–Crippen LogP) is 2.23. The summed E-state index contributed by atoms with van der Waals surface area (Å²) in [6.45, 7) is 3.21. The Balaban J connectivity index is 1.84. The molecule has 1 N–H and O–H groups in total. The maximum absolute atomic E-state index is 14.0. The molecule has 0 spiro atoms. The van der Waals surface area contributed by atoms with Gasteiger partial charge in [0.05, 0.1) is 15.4 Å². The van der Waals surface area contributed by atoms with Crippen LogP contribution in [0.15, 0.2) is 41.3 Å². The molecule has 0 aromatic heterocycles. The van der Waals surface area contributed by atoms with E-state index in [0.717, 1.165) is 12.1 Å². The number of anilines is 1. The van der Waals surface area contributed by atoms with Crippen molar-refractivity contribution >= 4 is 27.3 Å². The lowest BCUT2D eigenvalue weighted by molar-refractivity contribution is -0.385. The minimum absolute atomic E-state index is 0.0194. The topological polar surface area (TPSA) is 113 Å². The van der Waals surface area contributed by atoms with Gasteiger partial charge in [-0.25, -0.2) is 12.8 Å². The number of hydrogen-bond donors (Lipinski definition) is 1. The average molecular weight is 436 g/mol. The van der Waals surface area contributed by atoms with Crippen molar-refractivity contribution in [2.45, 2.75) is 11.8 Å². The number of rotatable bonds is 5. The molecule has 11 heteroatoms. The number of piperazine rings is 1. The lowest BCUT2D eigenvalue weighted by Crippen LogP contribution is -2.47. The largest absolute Gasteiger partial charge is 0.322 e. The Kier molecular flexibility index (Phi) is 6.15. The fourth-order valence-corrected chi connectivity index (χ4v) is 4.57. The maximum atomic E-state index is 14.0. The van der Waals surface area contributed by atoms with E-state index in [1.165, 1.54) is 35.5 Å². The van der Waals surface area contributed by atoms with Gasteiger partial charge in [-0.15, -0.1) is 0 Å². The second kappa shape index (κ2) is 8.46. The van der Waals surface area contributed by atoms with Crippen LogP contribution in [-0.4, -0.2) is 61.7 Å². The maximum Gasteiger partial charge on any atom is 0.276 e. The van der Waals surface area contributed by atoms with Crippen molar-refractivity contribution in [3.05, 3.63) is 63.5 Å². The molecule has 3 rings (SSSR count). The van der Waals surface area contributed by atoms with Gasteiger partial charge in [0.25, 0.3) is 11.6 Å². The normalized spacial score (nSPS) is 15.7. The molecule has 1 aliphatic rings. The van der Waals surface area contributed by atoms with Crippen LogP contribution < -0.4 is 5.32 Å². The molecule has 0 saturated carbocycles. The lowest BCUT2D eigenvalue weighted by Gasteiger charge is -2.31. The quantitative estimate of drug-likeness (QED) is 0.568. The van der Waals surface area contributed by atoms with Crippen molar-refractivity contribution in [2.24, 2.45) is 0 Å². The summed E-state index contributed by atoms with van der Waals surface area (Å²) in [6, 6.07) is 7.60. The van der Waals surface area contributed by atoms with Crippen LogP contribution in [-0.2, 0) is 10.0 Å². The molecule has 2 aromatic rings. The van der Waals surface area contributed by atoms with Crippen LogP contribution in [0.5, 0.6) is 0 Å². The molecule has 160 valence electrons. The number of nitrogens with one attached hydrogen (secondary N) is 1. The molecule has 1 heterocycles. The molecule has 30 heavy (non-hydrogen) atoms. The monoisotopic (exact) mass is 436 g/mol. The zero-order valence-electron chi connectivity index (χ0n) is 16.5. The highest BCUT2D eigenvalue weighted by molar-refractivity contribution is 7.89. The third-order valence-electron chi connectivity index (χ3n) is 4.97. The van der Waals surface area contributed by atoms with Crippen LogP contribution in [0.1, 0.15) is 15.9 Å². The van der Waals surface area contributed by atoms with Crippen molar-refractivity contribution in [1.29, 1.82) is 0 Å². The number of sulfonamides is 1. The van der Waals surface area contributed by atoms with E-state index in [0.29, 0.717) is 26.2 Å². The predicted molar refractivity (Wildman–Crippen MR) is 108 cm³/mol. The summed E-state index contributed by atoms with van der Waals surface area (Å²) in [6.07, 6.45) is 0. The summed E-state index contributed by atoms with van der Waals surface area (Å²) in [5, 5.41) is 13.5. The number of amides is 1. The number of halogens is 1. The smallest absolute Gasteiger partial charge is 0.276 e. The van der Waals surface area contributed by atoms with Crippen molar-refractivity contribution in [3.8, 4) is 0 Å². The summed E-state index contributed by atoms with van der Waals surface area (Å²) in [5.74, 6) is -1.66. The van der Waals surface area contributed by atoms with Gasteiger partial charge < -0.3 is 10.2 Å². The molecule has 1 saturated heterocycles. The Hall–Kier alpha value is -2.89. The van der Waals surface area contributed by atoms with Crippen molar-refractivity contribution in [2.75, 3.05) is 38.5 Å². The molecular formula is C19H21FN4O5S. The van der Waals surface area contributed by atoms with E-state index in [1.807, 2.05) is 11.9 Å². The molecule has 0 atom stereocenters. The summed E-state index contributed by atoms with van der Waals surface area (Å²) >= 11 is 0. The van der Waals surface area contributed by atoms with Crippen LogP contribution in [0.25, 0.3) is 0 Å². The van der Waals surface area contributed by atoms with Crippen molar-refractivity contribution in [3.63, 3.8) is 0 Å². The molecule has 1 amide bonds. The Bertz CT molecular complexity index is 1100. The van der Waals surface area contributed by atoms with Crippen LogP contribution in [0.2, 0.25) is 0 Å². The minimum Gasteiger partial charge on any atom is -0.322 e.